The molecule has 1 saturated carbocycles. The fourth-order valence-electron chi connectivity index (χ4n) is 3.05. The molecular weight excluding hydrogens is 318 g/mol. The van der Waals surface area contributed by atoms with E-state index in [1.807, 2.05) is 6.07 Å². The van der Waals surface area contributed by atoms with Crippen LogP contribution in [0.5, 0.6) is 11.5 Å². The number of hydrogen-bond donors (Lipinski definition) is 2. The number of nitrogens with zero attached hydrogens (tertiary/aromatic N) is 1. The van der Waals surface area contributed by atoms with Crippen LogP contribution in [0.25, 0.3) is 0 Å². The first-order valence-corrected chi connectivity index (χ1v) is 8.45. The van der Waals surface area contributed by atoms with Gasteiger partial charge in [0.2, 0.25) is 0 Å². The summed E-state index contributed by atoms with van der Waals surface area (Å²) < 4.78 is 10.5. The van der Waals surface area contributed by atoms with Crippen molar-refractivity contribution in [2.75, 3.05) is 24.9 Å². The number of ether oxygens (including phenoxy) is 2. The zero-order chi connectivity index (χ0) is 17.6. The first-order chi connectivity index (χ1) is 12.2. The van der Waals surface area contributed by atoms with Gasteiger partial charge in [0.1, 0.15) is 17.2 Å². The van der Waals surface area contributed by atoms with Crippen molar-refractivity contribution in [3.8, 4) is 11.5 Å². The highest BCUT2D eigenvalue weighted by atomic mass is 16.5. The summed E-state index contributed by atoms with van der Waals surface area (Å²) in [5.41, 5.74) is 1.82. The van der Waals surface area contributed by atoms with Crippen molar-refractivity contribution in [2.45, 2.75) is 31.7 Å². The molecule has 1 heterocycles. The van der Waals surface area contributed by atoms with E-state index >= 15 is 0 Å². The fraction of sp³-hybridized carbons (Fsp3) is 0.368. The third kappa shape index (κ3) is 4.21. The topological polar surface area (TPSA) is 72.5 Å². The molecule has 0 radical (unpaired) electrons. The number of benzene rings is 1. The average Bonchev–Trinajstić information content (AvgIpc) is 3.14. The predicted molar refractivity (Wildman–Crippen MR) is 97.6 cm³/mol. The van der Waals surface area contributed by atoms with E-state index in [0.29, 0.717) is 28.9 Å². The Labute approximate surface area is 147 Å². The van der Waals surface area contributed by atoms with E-state index in [0.717, 1.165) is 5.69 Å². The summed E-state index contributed by atoms with van der Waals surface area (Å²) in [5, 5.41) is 6.32. The van der Waals surface area contributed by atoms with Gasteiger partial charge in [0.25, 0.3) is 5.91 Å². The van der Waals surface area contributed by atoms with Gasteiger partial charge in [-0.3, -0.25) is 9.78 Å². The molecule has 1 amide bonds. The average molecular weight is 341 g/mol. The van der Waals surface area contributed by atoms with Crippen molar-refractivity contribution in [1.82, 2.24) is 4.98 Å². The third-order valence-electron chi connectivity index (χ3n) is 4.37. The van der Waals surface area contributed by atoms with Gasteiger partial charge < -0.3 is 20.1 Å². The van der Waals surface area contributed by atoms with E-state index in [4.69, 9.17) is 9.47 Å². The summed E-state index contributed by atoms with van der Waals surface area (Å²) in [6.07, 6.45) is 6.50. The molecule has 0 unspecified atom stereocenters. The highest BCUT2D eigenvalue weighted by Gasteiger charge is 2.16. The molecule has 2 N–H and O–H groups in total. The van der Waals surface area contributed by atoms with E-state index in [2.05, 4.69) is 15.6 Å². The molecule has 6 heteroatoms. The number of amides is 1. The number of anilines is 2. The van der Waals surface area contributed by atoms with E-state index in [-0.39, 0.29) is 5.91 Å². The van der Waals surface area contributed by atoms with Crippen molar-refractivity contribution in [3.63, 3.8) is 0 Å². The van der Waals surface area contributed by atoms with Gasteiger partial charge in [-0.25, -0.2) is 0 Å². The summed E-state index contributed by atoms with van der Waals surface area (Å²) >= 11 is 0. The van der Waals surface area contributed by atoms with Crippen LogP contribution < -0.4 is 20.1 Å². The first kappa shape index (κ1) is 17.1. The Balaban J connectivity index is 1.74. The molecule has 0 aliphatic heterocycles. The molecule has 2 aromatic rings. The van der Waals surface area contributed by atoms with Crippen LogP contribution in [-0.4, -0.2) is 31.2 Å². The molecule has 6 nitrogen and oxygen atoms in total. The van der Waals surface area contributed by atoms with Crippen molar-refractivity contribution in [2.24, 2.45) is 0 Å². The monoisotopic (exact) mass is 341 g/mol. The molecule has 1 aromatic heterocycles. The highest BCUT2D eigenvalue weighted by molar-refractivity contribution is 6.04. The number of carbonyl (C=O) groups is 1. The van der Waals surface area contributed by atoms with Gasteiger partial charge >= 0.3 is 0 Å². The van der Waals surface area contributed by atoms with Crippen LogP contribution in [-0.2, 0) is 0 Å². The quantitative estimate of drug-likeness (QED) is 0.838. The molecule has 25 heavy (non-hydrogen) atoms. The number of methoxy groups -OCH3 is 2. The maximum Gasteiger partial charge on any atom is 0.274 e. The number of pyridine rings is 1. The summed E-state index contributed by atoms with van der Waals surface area (Å²) in [4.78, 5) is 16.8. The van der Waals surface area contributed by atoms with Crippen LogP contribution in [0.3, 0.4) is 0 Å². The minimum absolute atomic E-state index is 0.290. The Morgan fingerprint density at radius 1 is 1.12 bits per heavy atom. The number of rotatable bonds is 6. The summed E-state index contributed by atoms with van der Waals surface area (Å²) in [6.45, 7) is 0. The zero-order valence-electron chi connectivity index (χ0n) is 14.5. The minimum Gasteiger partial charge on any atom is -0.497 e. The Bertz CT molecular complexity index is 742. The predicted octanol–water partition coefficient (Wildman–Crippen LogP) is 3.71. The fourth-order valence-corrected chi connectivity index (χ4v) is 3.05. The second-order valence-electron chi connectivity index (χ2n) is 6.08. The van der Waals surface area contributed by atoms with Crippen molar-refractivity contribution in [1.29, 1.82) is 0 Å². The van der Waals surface area contributed by atoms with Crippen LogP contribution in [0.4, 0.5) is 11.4 Å². The van der Waals surface area contributed by atoms with E-state index in [1.54, 1.807) is 44.7 Å². The van der Waals surface area contributed by atoms with Gasteiger partial charge in [-0.05, 0) is 37.1 Å². The maximum absolute atomic E-state index is 12.6. The van der Waals surface area contributed by atoms with Crippen LogP contribution in [0.2, 0.25) is 0 Å². The lowest BCUT2D eigenvalue weighted by atomic mass is 10.2. The molecule has 0 atom stereocenters. The lowest BCUT2D eigenvalue weighted by molar-refractivity contribution is 0.102. The largest absolute Gasteiger partial charge is 0.497 e. The molecule has 1 aliphatic rings. The zero-order valence-corrected chi connectivity index (χ0v) is 14.5. The minimum atomic E-state index is -0.290. The Morgan fingerprint density at radius 2 is 1.92 bits per heavy atom. The highest BCUT2D eigenvalue weighted by Crippen LogP contribution is 2.29. The maximum atomic E-state index is 12.6. The number of aromatic nitrogens is 1. The normalized spacial score (nSPS) is 14.2. The second kappa shape index (κ2) is 7.88. The summed E-state index contributed by atoms with van der Waals surface area (Å²) in [6, 6.07) is 9.40. The van der Waals surface area contributed by atoms with Crippen molar-refractivity contribution in [3.05, 3.63) is 42.2 Å². The van der Waals surface area contributed by atoms with Crippen LogP contribution in [0.15, 0.2) is 36.5 Å². The lowest BCUT2D eigenvalue weighted by Gasteiger charge is -2.14. The molecule has 132 valence electrons. The lowest BCUT2D eigenvalue weighted by Crippen LogP contribution is -2.17. The second-order valence-corrected chi connectivity index (χ2v) is 6.08. The van der Waals surface area contributed by atoms with E-state index in [9.17, 15) is 4.79 Å². The molecular formula is C19H23N3O3. The van der Waals surface area contributed by atoms with Gasteiger partial charge in [-0.1, -0.05) is 12.8 Å². The van der Waals surface area contributed by atoms with Crippen molar-refractivity contribution < 1.29 is 14.3 Å². The SMILES string of the molecule is COc1ccc(OC)c(NC(=O)c2cc(NC3CCCC3)ccn2)c1. The smallest absolute Gasteiger partial charge is 0.274 e. The number of hydrogen-bond acceptors (Lipinski definition) is 5. The molecule has 0 bridgehead atoms. The first-order valence-electron chi connectivity index (χ1n) is 8.45. The third-order valence-corrected chi connectivity index (χ3v) is 4.37. The molecule has 1 fully saturated rings. The molecule has 3 rings (SSSR count). The van der Waals surface area contributed by atoms with Gasteiger partial charge in [-0.15, -0.1) is 0 Å². The number of nitrogens with one attached hydrogen (secondary N) is 2. The van der Waals surface area contributed by atoms with Gasteiger partial charge in [0.05, 0.1) is 19.9 Å². The van der Waals surface area contributed by atoms with E-state index < -0.39 is 0 Å². The van der Waals surface area contributed by atoms with Gasteiger partial charge in [0, 0.05) is 24.0 Å². The Morgan fingerprint density at radius 3 is 2.64 bits per heavy atom. The molecule has 0 saturated heterocycles. The number of carbonyl (C=O) groups excluding carboxylic acids is 1. The summed E-state index contributed by atoms with van der Waals surface area (Å²) in [7, 11) is 3.13. The Kier molecular flexibility index (Phi) is 5.38. The summed E-state index contributed by atoms with van der Waals surface area (Å²) in [5.74, 6) is 0.914. The van der Waals surface area contributed by atoms with Gasteiger partial charge in [0.15, 0.2) is 0 Å². The van der Waals surface area contributed by atoms with Crippen LogP contribution >= 0.6 is 0 Å². The molecule has 1 aromatic carbocycles. The standard InChI is InChI=1S/C19H23N3O3/c1-24-15-7-8-18(25-2)16(12-15)22-19(23)17-11-14(9-10-20-17)21-13-5-3-4-6-13/h7-13H,3-6H2,1-2H3,(H,20,21)(H,22,23). The Hall–Kier alpha value is -2.76. The molecule has 0 spiro atoms. The van der Waals surface area contributed by atoms with Gasteiger partial charge in [-0.2, -0.15) is 0 Å². The van der Waals surface area contributed by atoms with Crippen molar-refractivity contribution >= 4 is 17.3 Å². The molecule has 1 aliphatic carbocycles. The van der Waals surface area contributed by atoms with Crippen LogP contribution in [0, 0.1) is 0 Å². The van der Waals surface area contributed by atoms with E-state index in [1.165, 1.54) is 25.7 Å². The van der Waals surface area contributed by atoms with Crippen LogP contribution in [0.1, 0.15) is 36.2 Å².